The van der Waals surface area contributed by atoms with Crippen molar-refractivity contribution < 1.29 is 23.3 Å². The Hall–Kier alpha value is -2.73. The first kappa shape index (κ1) is 20.5. The fraction of sp³-hybridized carbons (Fsp3) is 0.333. The number of ether oxygens (including phenoxy) is 2. The second kappa shape index (κ2) is 8.19. The molecule has 0 amide bonds. The smallest absolute Gasteiger partial charge is 0.327 e. The fourth-order valence-corrected chi connectivity index (χ4v) is 6.55. The Labute approximate surface area is 178 Å². The number of allylic oxidation sites excluding steroid dienone is 2. The van der Waals surface area contributed by atoms with E-state index in [1.807, 2.05) is 61.5 Å². The van der Waals surface area contributed by atoms with Crippen molar-refractivity contribution in [3.63, 3.8) is 0 Å². The van der Waals surface area contributed by atoms with Gasteiger partial charge in [-0.15, -0.1) is 0 Å². The lowest BCUT2D eigenvalue weighted by molar-refractivity contribution is -0.158. The first-order valence-electron chi connectivity index (χ1n) is 9.94. The first-order chi connectivity index (χ1) is 14.5. The van der Waals surface area contributed by atoms with E-state index in [0.717, 1.165) is 11.1 Å². The summed E-state index contributed by atoms with van der Waals surface area (Å²) in [5.74, 6) is -2.53. The molecule has 0 spiro atoms. The number of methoxy groups -OCH3 is 1. The van der Waals surface area contributed by atoms with Crippen LogP contribution in [0.5, 0.6) is 0 Å². The summed E-state index contributed by atoms with van der Waals surface area (Å²) >= 11 is 0. The number of benzene rings is 2. The van der Waals surface area contributed by atoms with Gasteiger partial charge in [-0.2, -0.15) is 0 Å². The van der Waals surface area contributed by atoms with Gasteiger partial charge in [0, 0.05) is 10.8 Å². The van der Waals surface area contributed by atoms with Gasteiger partial charge in [-0.3, -0.25) is 13.8 Å². The minimum Gasteiger partial charge on any atom is -0.469 e. The Bertz CT molecular complexity index is 998. The maximum absolute atomic E-state index is 13.9. The quantitative estimate of drug-likeness (QED) is 0.524. The van der Waals surface area contributed by atoms with Gasteiger partial charge in [0.1, 0.15) is 6.61 Å². The number of hydrogen-bond acceptors (Lipinski definition) is 5. The molecular weight excluding hydrogens is 400 g/mol. The molecular formula is C24H24O5S. The molecule has 0 aliphatic heterocycles. The van der Waals surface area contributed by atoms with Gasteiger partial charge in [-0.05, 0) is 37.0 Å². The zero-order chi connectivity index (χ0) is 21.3. The van der Waals surface area contributed by atoms with Crippen molar-refractivity contribution >= 4 is 22.7 Å². The molecule has 2 aromatic rings. The van der Waals surface area contributed by atoms with Crippen LogP contribution in [0.15, 0.2) is 71.6 Å². The van der Waals surface area contributed by atoms with E-state index in [0.29, 0.717) is 11.3 Å². The first-order valence-corrected chi connectivity index (χ1v) is 11.1. The van der Waals surface area contributed by atoms with Crippen LogP contribution in [0, 0.1) is 24.7 Å². The van der Waals surface area contributed by atoms with Gasteiger partial charge in [-0.25, -0.2) is 0 Å². The van der Waals surface area contributed by atoms with Crippen LogP contribution < -0.4 is 0 Å². The summed E-state index contributed by atoms with van der Waals surface area (Å²) in [6.45, 7) is 2.00. The average Bonchev–Trinajstić information content (AvgIpc) is 3.38. The van der Waals surface area contributed by atoms with E-state index in [4.69, 9.17) is 9.47 Å². The molecule has 0 heterocycles. The Kier molecular flexibility index (Phi) is 5.60. The average molecular weight is 425 g/mol. The van der Waals surface area contributed by atoms with Gasteiger partial charge < -0.3 is 9.47 Å². The number of esters is 2. The third-order valence-corrected chi connectivity index (χ3v) is 8.12. The lowest BCUT2D eigenvalue weighted by atomic mass is 9.82. The molecule has 1 unspecified atom stereocenters. The summed E-state index contributed by atoms with van der Waals surface area (Å²) in [6.07, 6.45) is 4.42. The highest BCUT2D eigenvalue weighted by molar-refractivity contribution is 7.87. The Morgan fingerprint density at radius 3 is 2.43 bits per heavy atom. The van der Waals surface area contributed by atoms with Gasteiger partial charge in [-0.1, -0.05) is 60.2 Å². The largest absolute Gasteiger partial charge is 0.469 e. The number of aryl methyl sites for hydroxylation is 1. The maximum atomic E-state index is 13.9. The topological polar surface area (TPSA) is 69.7 Å². The SMILES string of the molecule is COC(=O)[C@@H]1[C@H]2C=C[C@H](C2)[C@]1(C(=O)OCc1ccccc1)S(=O)c1ccc(C)cc1. The third kappa shape index (κ3) is 3.29. The van der Waals surface area contributed by atoms with Crippen molar-refractivity contribution in [1.29, 1.82) is 0 Å². The van der Waals surface area contributed by atoms with Crippen LogP contribution in [0.2, 0.25) is 0 Å². The predicted octanol–water partition coefficient (Wildman–Crippen LogP) is 3.58. The maximum Gasteiger partial charge on any atom is 0.327 e. The summed E-state index contributed by atoms with van der Waals surface area (Å²) < 4.78 is 23.1. The van der Waals surface area contributed by atoms with Crippen LogP contribution in [-0.4, -0.2) is 28.0 Å². The summed E-state index contributed by atoms with van der Waals surface area (Å²) in [6, 6.07) is 16.5. The Balaban J connectivity index is 1.75. The number of carbonyl (C=O) groups excluding carboxylic acids is 2. The molecule has 2 aliphatic rings. The fourth-order valence-electron chi connectivity index (χ4n) is 4.62. The zero-order valence-corrected chi connectivity index (χ0v) is 17.8. The van der Waals surface area contributed by atoms with Crippen LogP contribution in [0.3, 0.4) is 0 Å². The summed E-state index contributed by atoms with van der Waals surface area (Å²) in [4.78, 5) is 26.9. The molecule has 1 saturated carbocycles. The van der Waals surface area contributed by atoms with Gasteiger partial charge in [0.25, 0.3) is 0 Å². The second-order valence-corrected chi connectivity index (χ2v) is 9.51. The van der Waals surface area contributed by atoms with E-state index in [9.17, 15) is 13.8 Å². The van der Waals surface area contributed by atoms with Gasteiger partial charge in [0.2, 0.25) is 0 Å². The molecule has 4 rings (SSSR count). The minimum absolute atomic E-state index is 0.0571. The van der Waals surface area contributed by atoms with Crippen LogP contribution in [-0.2, 0) is 36.5 Å². The molecule has 0 radical (unpaired) electrons. The number of fused-ring (bicyclic) bond motifs is 2. The molecule has 1 fully saturated rings. The number of rotatable bonds is 6. The summed E-state index contributed by atoms with van der Waals surface area (Å²) in [5.41, 5.74) is 1.85. The van der Waals surface area contributed by atoms with Crippen molar-refractivity contribution in [1.82, 2.24) is 0 Å². The molecule has 6 heteroatoms. The Morgan fingerprint density at radius 2 is 1.77 bits per heavy atom. The molecule has 2 bridgehead atoms. The second-order valence-electron chi connectivity index (χ2n) is 7.83. The molecule has 0 aromatic heterocycles. The highest BCUT2D eigenvalue weighted by Crippen LogP contribution is 2.56. The van der Waals surface area contributed by atoms with E-state index >= 15 is 0 Å². The molecule has 0 saturated heterocycles. The van der Waals surface area contributed by atoms with Crippen molar-refractivity contribution in [3.8, 4) is 0 Å². The van der Waals surface area contributed by atoms with Gasteiger partial charge in [0.15, 0.2) is 4.75 Å². The molecule has 156 valence electrons. The van der Waals surface area contributed by atoms with Crippen molar-refractivity contribution in [2.45, 2.75) is 29.6 Å². The van der Waals surface area contributed by atoms with Crippen molar-refractivity contribution in [2.75, 3.05) is 7.11 Å². The summed E-state index contributed by atoms with van der Waals surface area (Å²) in [7, 11) is -0.493. The van der Waals surface area contributed by atoms with Crippen LogP contribution in [0.1, 0.15) is 17.5 Å². The molecule has 5 nitrogen and oxygen atoms in total. The molecule has 5 atom stereocenters. The van der Waals surface area contributed by atoms with E-state index in [1.165, 1.54) is 7.11 Å². The molecule has 0 N–H and O–H groups in total. The van der Waals surface area contributed by atoms with Crippen LogP contribution in [0.4, 0.5) is 0 Å². The van der Waals surface area contributed by atoms with Gasteiger partial charge in [0.05, 0.1) is 23.8 Å². The number of hydrogen-bond donors (Lipinski definition) is 0. The van der Waals surface area contributed by atoms with Crippen LogP contribution in [0.25, 0.3) is 0 Å². The Morgan fingerprint density at radius 1 is 1.07 bits per heavy atom. The standard InChI is InChI=1S/C24H24O5S/c1-16-8-12-20(13-9-16)30(27)24(23(26)29-15-17-6-4-3-5-7-17)19-11-10-18(14-19)21(24)22(25)28-2/h3-13,18-19,21H,14-15H2,1-2H3/t18-,19+,21-,24-,30?/m0/s1. The number of carbonyl (C=O) groups is 2. The van der Waals surface area contributed by atoms with Crippen LogP contribution >= 0.6 is 0 Å². The van der Waals surface area contributed by atoms with E-state index in [-0.39, 0.29) is 18.4 Å². The lowest BCUT2D eigenvalue weighted by Gasteiger charge is -2.37. The van der Waals surface area contributed by atoms with Crippen molar-refractivity contribution in [3.05, 3.63) is 77.9 Å². The predicted molar refractivity (Wildman–Crippen MR) is 113 cm³/mol. The highest BCUT2D eigenvalue weighted by Gasteiger charge is 2.68. The summed E-state index contributed by atoms with van der Waals surface area (Å²) in [5, 5.41) is 0. The van der Waals surface area contributed by atoms with E-state index in [1.54, 1.807) is 12.1 Å². The zero-order valence-electron chi connectivity index (χ0n) is 16.9. The minimum atomic E-state index is -1.79. The van der Waals surface area contributed by atoms with E-state index < -0.39 is 33.4 Å². The highest BCUT2D eigenvalue weighted by atomic mass is 32.2. The van der Waals surface area contributed by atoms with Crippen molar-refractivity contribution in [2.24, 2.45) is 17.8 Å². The lowest BCUT2D eigenvalue weighted by Crippen LogP contribution is -2.56. The monoisotopic (exact) mass is 424 g/mol. The normalized spacial score (nSPS) is 27.6. The molecule has 30 heavy (non-hydrogen) atoms. The third-order valence-electron chi connectivity index (χ3n) is 6.09. The van der Waals surface area contributed by atoms with Gasteiger partial charge >= 0.3 is 11.9 Å². The molecule has 2 aliphatic carbocycles. The molecule has 2 aromatic carbocycles. The van der Waals surface area contributed by atoms with E-state index in [2.05, 4.69) is 0 Å².